The van der Waals surface area contributed by atoms with Crippen molar-refractivity contribution >= 4 is 11.8 Å². The van der Waals surface area contributed by atoms with Crippen LogP contribution < -0.4 is 0 Å². The zero-order valence-electron chi connectivity index (χ0n) is 17.4. The topological polar surface area (TPSA) is 94.8 Å². The van der Waals surface area contributed by atoms with Crippen LogP contribution in [0.25, 0.3) is 0 Å². The van der Waals surface area contributed by atoms with Gasteiger partial charge in [0, 0.05) is 23.7 Å². The van der Waals surface area contributed by atoms with Crippen LogP contribution in [0.3, 0.4) is 0 Å². The monoisotopic (exact) mass is 412 g/mol. The van der Waals surface area contributed by atoms with Crippen LogP contribution in [0, 0.1) is 17.3 Å². The molecule has 3 N–H and O–H groups in total. The standard InChI is InChI=1S/C25H32O5/c1-2-13-25(14-4-15-25)23(28)6-3-5-19-20(22(27)16-21(19)26)12-9-17-7-10-18(11-8-17)24(29)30/h2-3,5,7-8,10-11,19-21,23,26,28H,1,4,6,9,12-16H2,(H,29,30)/b5-3+/t19-,20-,21?,23?/m1/s1. The molecule has 2 fully saturated rings. The Balaban J connectivity index is 1.58. The van der Waals surface area contributed by atoms with Crippen LogP contribution in [0.5, 0.6) is 0 Å². The minimum absolute atomic E-state index is 0.0578. The van der Waals surface area contributed by atoms with Crippen molar-refractivity contribution in [3.63, 3.8) is 0 Å². The lowest BCUT2D eigenvalue weighted by atomic mass is 9.62. The summed E-state index contributed by atoms with van der Waals surface area (Å²) in [5.74, 6) is -1.38. The van der Waals surface area contributed by atoms with Gasteiger partial charge in [-0.25, -0.2) is 4.79 Å². The number of rotatable bonds is 10. The molecule has 1 aromatic carbocycles. The molecule has 1 aromatic rings. The molecule has 2 aliphatic rings. The summed E-state index contributed by atoms with van der Waals surface area (Å²) in [6, 6.07) is 6.69. The molecule has 0 amide bonds. The highest BCUT2D eigenvalue weighted by Gasteiger charge is 2.42. The Kier molecular flexibility index (Phi) is 7.27. The normalized spacial score (nSPS) is 26.5. The van der Waals surface area contributed by atoms with Gasteiger partial charge in [0.05, 0.1) is 17.8 Å². The Labute approximate surface area is 178 Å². The maximum absolute atomic E-state index is 12.4. The molecule has 0 radical (unpaired) electrons. The molecule has 0 aliphatic heterocycles. The second-order valence-corrected chi connectivity index (χ2v) is 8.85. The summed E-state index contributed by atoms with van der Waals surface area (Å²) in [6.07, 6.45) is 10.5. The molecule has 30 heavy (non-hydrogen) atoms. The number of allylic oxidation sites excluding steroid dienone is 1. The van der Waals surface area contributed by atoms with Crippen molar-refractivity contribution in [1.29, 1.82) is 0 Å². The number of carboxylic acids is 1. The molecule has 4 atom stereocenters. The number of aryl methyl sites for hydroxylation is 1. The first-order valence-electron chi connectivity index (χ1n) is 10.8. The number of Topliss-reactive ketones (excluding diaryl/α,β-unsaturated/α-hetero) is 1. The summed E-state index contributed by atoms with van der Waals surface area (Å²) >= 11 is 0. The molecule has 2 unspecified atom stereocenters. The van der Waals surface area contributed by atoms with E-state index in [1.54, 1.807) is 24.3 Å². The zero-order chi connectivity index (χ0) is 21.7. The Morgan fingerprint density at radius 1 is 1.27 bits per heavy atom. The van der Waals surface area contributed by atoms with E-state index in [-0.39, 0.29) is 35.0 Å². The van der Waals surface area contributed by atoms with E-state index in [1.807, 2.05) is 18.2 Å². The van der Waals surface area contributed by atoms with E-state index in [9.17, 15) is 19.8 Å². The van der Waals surface area contributed by atoms with E-state index >= 15 is 0 Å². The third-order valence-electron chi connectivity index (χ3n) is 7.00. The number of ketones is 1. The number of carbonyl (C=O) groups is 2. The van der Waals surface area contributed by atoms with Crippen molar-refractivity contribution < 1.29 is 24.9 Å². The van der Waals surface area contributed by atoms with E-state index in [0.29, 0.717) is 19.3 Å². The van der Waals surface area contributed by atoms with Crippen LogP contribution in [0.1, 0.15) is 60.9 Å². The molecule has 2 saturated carbocycles. The van der Waals surface area contributed by atoms with Crippen LogP contribution in [0.15, 0.2) is 49.1 Å². The highest BCUT2D eigenvalue weighted by atomic mass is 16.4. The second kappa shape index (κ2) is 9.71. The van der Waals surface area contributed by atoms with E-state index in [0.717, 1.165) is 31.2 Å². The van der Waals surface area contributed by atoms with Crippen LogP contribution in [-0.4, -0.2) is 39.3 Å². The third-order valence-corrected chi connectivity index (χ3v) is 7.00. The Hall–Kier alpha value is -2.24. The lowest BCUT2D eigenvalue weighted by molar-refractivity contribution is -0.121. The number of carboxylic acid groups (broad SMARTS) is 1. The molecule has 0 aromatic heterocycles. The fraction of sp³-hybridized carbons (Fsp3) is 0.520. The van der Waals surface area contributed by atoms with Gasteiger partial charge in [0.2, 0.25) is 0 Å². The predicted molar refractivity (Wildman–Crippen MR) is 115 cm³/mol. The van der Waals surface area contributed by atoms with Gasteiger partial charge in [-0.15, -0.1) is 6.58 Å². The predicted octanol–water partition coefficient (Wildman–Crippen LogP) is 3.94. The van der Waals surface area contributed by atoms with Gasteiger partial charge < -0.3 is 15.3 Å². The molecule has 5 nitrogen and oxygen atoms in total. The quantitative estimate of drug-likeness (QED) is 0.506. The Morgan fingerprint density at radius 2 is 1.97 bits per heavy atom. The van der Waals surface area contributed by atoms with Crippen molar-refractivity contribution in [3.05, 3.63) is 60.2 Å². The maximum atomic E-state index is 12.4. The number of aliphatic hydroxyl groups is 2. The number of hydrogen-bond acceptors (Lipinski definition) is 4. The van der Waals surface area contributed by atoms with Gasteiger partial charge in [0.1, 0.15) is 5.78 Å². The summed E-state index contributed by atoms with van der Waals surface area (Å²) < 4.78 is 0. The van der Waals surface area contributed by atoms with Gasteiger partial charge in [0.25, 0.3) is 0 Å². The lowest BCUT2D eigenvalue weighted by Crippen LogP contribution is -2.40. The van der Waals surface area contributed by atoms with Gasteiger partial charge in [-0.1, -0.05) is 36.8 Å². The van der Waals surface area contributed by atoms with Crippen molar-refractivity contribution in [3.8, 4) is 0 Å². The summed E-state index contributed by atoms with van der Waals surface area (Å²) in [7, 11) is 0. The van der Waals surface area contributed by atoms with Crippen molar-refractivity contribution in [1.82, 2.24) is 0 Å². The summed E-state index contributed by atoms with van der Waals surface area (Å²) in [6.45, 7) is 3.81. The first-order valence-corrected chi connectivity index (χ1v) is 10.8. The minimum Gasteiger partial charge on any atom is -0.478 e. The molecular formula is C25H32O5. The third kappa shape index (κ3) is 4.90. The molecule has 5 heteroatoms. The number of aliphatic hydroxyl groups excluding tert-OH is 2. The van der Waals surface area contributed by atoms with E-state index in [4.69, 9.17) is 5.11 Å². The highest BCUT2D eigenvalue weighted by Crippen LogP contribution is 2.48. The highest BCUT2D eigenvalue weighted by molar-refractivity contribution is 5.87. The van der Waals surface area contributed by atoms with Gasteiger partial charge in [-0.3, -0.25) is 4.79 Å². The molecule has 0 spiro atoms. The number of hydrogen-bond donors (Lipinski definition) is 3. The number of benzene rings is 1. The van der Waals surface area contributed by atoms with Gasteiger partial charge in [-0.05, 0) is 56.2 Å². The van der Waals surface area contributed by atoms with E-state index < -0.39 is 18.2 Å². The average molecular weight is 413 g/mol. The number of aromatic carboxylic acids is 1. The molecule has 2 aliphatic carbocycles. The summed E-state index contributed by atoms with van der Waals surface area (Å²) in [5.41, 5.74) is 1.16. The van der Waals surface area contributed by atoms with Crippen LogP contribution >= 0.6 is 0 Å². The zero-order valence-corrected chi connectivity index (χ0v) is 17.4. The van der Waals surface area contributed by atoms with E-state index in [2.05, 4.69) is 6.58 Å². The second-order valence-electron chi connectivity index (χ2n) is 8.85. The van der Waals surface area contributed by atoms with E-state index in [1.165, 1.54) is 0 Å². The molecule has 0 saturated heterocycles. The number of carbonyl (C=O) groups excluding carboxylic acids is 1. The van der Waals surface area contributed by atoms with Crippen LogP contribution in [0.2, 0.25) is 0 Å². The van der Waals surface area contributed by atoms with Crippen LogP contribution in [0.4, 0.5) is 0 Å². The fourth-order valence-corrected chi connectivity index (χ4v) is 4.93. The fourth-order valence-electron chi connectivity index (χ4n) is 4.93. The van der Waals surface area contributed by atoms with Crippen molar-refractivity contribution in [2.45, 2.75) is 63.6 Å². The molecule has 162 valence electrons. The van der Waals surface area contributed by atoms with Gasteiger partial charge >= 0.3 is 5.97 Å². The molecule has 3 rings (SSSR count). The maximum Gasteiger partial charge on any atom is 0.335 e. The Morgan fingerprint density at radius 3 is 2.53 bits per heavy atom. The van der Waals surface area contributed by atoms with Crippen molar-refractivity contribution in [2.24, 2.45) is 17.3 Å². The van der Waals surface area contributed by atoms with Crippen LogP contribution in [-0.2, 0) is 11.2 Å². The van der Waals surface area contributed by atoms with Gasteiger partial charge in [-0.2, -0.15) is 0 Å². The molecule has 0 heterocycles. The van der Waals surface area contributed by atoms with Gasteiger partial charge in [0.15, 0.2) is 0 Å². The lowest BCUT2D eigenvalue weighted by Gasteiger charge is -2.45. The average Bonchev–Trinajstić information content (AvgIpc) is 2.95. The van der Waals surface area contributed by atoms with Crippen molar-refractivity contribution in [2.75, 3.05) is 0 Å². The summed E-state index contributed by atoms with van der Waals surface area (Å²) in [4.78, 5) is 23.4. The first-order chi connectivity index (χ1) is 14.4. The summed E-state index contributed by atoms with van der Waals surface area (Å²) in [5, 5.41) is 30.0. The smallest absolute Gasteiger partial charge is 0.335 e. The minimum atomic E-state index is -0.959. The first kappa shape index (κ1) is 22.4. The Bertz CT molecular complexity index is 790. The SMILES string of the molecule is C=CCC1(C(O)C/C=C/[C@H]2C(O)CC(=O)[C@@H]2CCc2ccc(C(=O)O)cc2)CCC1. The molecular weight excluding hydrogens is 380 g/mol. The molecule has 0 bridgehead atoms. The largest absolute Gasteiger partial charge is 0.478 e.